The molecule has 2 unspecified atom stereocenters. The van der Waals surface area contributed by atoms with Crippen LogP contribution in [0.15, 0.2) is 0 Å². The molecular formula is C21H45O4P. The van der Waals surface area contributed by atoms with Crippen LogP contribution in [0.5, 0.6) is 0 Å². The zero-order valence-electron chi connectivity index (χ0n) is 17.2. The fourth-order valence-electron chi connectivity index (χ4n) is 3.13. The van der Waals surface area contributed by atoms with Crippen LogP contribution in [-0.2, 0) is 9.09 Å². The molecule has 5 heteroatoms. The Morgan fingerprint density at radius 3 is 1.50 bits per heavy atom. The minimum Gasteiger partial charge on any atom is -0.394 e. The predicted molar refractivity (Wildman–Crippen MR) is 112 cm³/mol. The molecule has 0 bridgehead atoms. The van der Waals surface area contributed by atoms with Crippen LogP contribution in [0, 0.1) is 0 Å². The van der Waals surface area contributed by atoms with Crippen molar-refractivity contribution in [1.82, 2.24) is 0 Å². The molecule has 0 aliphatic carbocycles. The van der Waals surface area contributed by atoms with Gasteiger partial charge in [-0.1, -0.05) is 103 Å². The molecule has 0 aromatic heterocycles. The fourth-order valence-corrected chi connectivity index (χ4v) is 4.19. The number of hydrogen-bond acceptors (Lipinski definition) is 4. The number of unbranched alkanes of at least 4 members (excludes halogenated alkanes) is 15. The maximum absolute atomic E-state index is 11.6. The molecule has 26 heavy (non-hydrogen) atoms. The smallest absolute Gasteiger partial charge is 0.191 e. The van der Waals surface area contributed by atoms with Crippen molar-refractivity contribution < 1.29 is 19.3 Å². The third-order valence-electron chi connectivity index (χ3n) is 4.88. The van der Waals surface area contributed by atoms with Crippen molar-refractivity contribution in [3.8, 4) is 0 Å². The van der Waals surface area contributed by atoms with Gasteiger partial charge in [0, 0.05) is 6.16 Å². The van der Waals surface area contributed by atoms with E-state index >= 15 is 0 Å². The second-order valence-corrected chi connectivity index (χ2v) is 9.11. The lowest BCUT2D eigenvalue weighted by molar-refractivity contribution is 0.0562. The molecule has 0 amide bonds. The Hall–Kier alpha value is 0.110. The first-order valence-electron chi connectivity index (χ1n) is 11.1. The molecule has 0 heterocycles. The Balaban J connectivity index is 3.12. The summed E-state index contributed by atoms with van der Waals surface area (Å²) in [5.74, 6) is 0. The van der Waals surface area contributed by atoms with E-state index in [1.165, 1.54) is 89.9 Å². The van der Waals surface area contributed by atoms with Crippen molar-refractivity contribution >= 4 is 8.03 Å². The summed E-state index contributed by atoms with van der Waals surface area (Å²) in [6, 6.07) is 0. The van der Waals surface area contributed by atoms with Crippen molar-refractivity contribution in [2.45, 2.75) is 116 Å². The zero-order valence-corrected chi connectivity index (χ0v) is 18.2. The molecule has 0 saturated heterocycles. The van der Waals surface area contributed by atoms with Crippen molar-refractivity contribution in [2.24, 2.45) is 0 Å². The Labute approximate surface area is 163 Å². The van der Waals surface area contributed by atoms with Gasteiger partial charge in [0.05, 0.1) is 13.2 Å². The minimum atomic E-state index is -2.03. The van der Waals surface area contributed by atoms with Gasteiger partial charge >= 0.3 is 0 Å². The van der Waals surface area contributed by atoms with E-state index in [0.717, 1.165) is 12.8 Å². The van der Waals surface area contributed by atoms with E-state index in [9.17, 15) is 4.57 Å². The molecule has 4 nitrogen and oxygen atoms in total. The second kappa shape index (κ2) is 21.4. The standard InChI is InChI=1S/C21H45O4P/c1-2-3-4-5-6-7-8-9-10-11-12-13-14-15-16-17-18-26(24)25-20-21(23)19-22/h21-23,26H,2-20H2,1H3. The first kappa shape index (κ1) is 26.1. The normalized spacial score (nSPS) is 13.8. The van der Waals surface area contributed by atoms with Crippen LogP contribution in [0.2, 0.25) is 0 Å². The molecule has 0 aliphatic rings. The fraction of sp³-hybridized carbons (Fsp3) is 1.00. The van der Waals surface area contributed by atoms with E-state index in [2.05, 4.69) is 6.92 Å². The van der Waals surface area contributed by atoms with Gasteiger partial charge in [-0.3, -0.25) is 4.57 Å². The minimum absolute atomic E-state index is 0.0207. The highest BCUT2D eigenvalue weighted by atomic mass is 31.1. The summed E-state index contributed by atoms with van der Waals surface area (Å²) in [5.41, 5.74) is 0. The summed E-state index contributed by atoms with van der Waals surface area (Å²) in [7, 11) is -2.03. The molecule has 2 atom stereocenters. The lowest BCUT2D eigenvalue weighted by Gasteiger charge is -2.08. The molecule has 0 aliphatic heterocycles. The summed E-state index contributed by atoms with van der Waals surface area (Å²) >= 11 is 0. The molecule has 0 radical (unpaired) electrons. The summed E-state index contributed by atoms with van der Waals surface area (Å²) in [6.45, 7) is 1.91. The number of rotatable bonds is 21. The summed E-state index contributed by atoms with van der Waals surface area (Å²) in [4.78, 5) is 0. The Kier molecular flexibility index (Phi) is 21.5. The number of aliphatic hydroxyl groups excluding tert-OH is 2. The number of hydrogen-bond donors (Lipinski definition) is 2. The highest BCUT2D eigenvalue weighted by molar-refractivity contribution is 7.39. The first-order chi connectivity index (χ1) is 12.7. The molecule has 2 N–H and O–H groups in total. The average Bonchev–Trinajstić information content (AvgIpc) is 2.65. The SMILES string of the molecule is CCCCCCCCCCCCCCCCCC[PH](=O)OCC(O)CO. The summed E-state index contributed by atoms with van der Waals surface area (Å²) in [5, 5.41) is 17.8. The average molecular weight is 393 g/mol. The van der Waals surface area contributed by atoms with E-state index < -0.39 is 14.1 Å². The molecule has 0 saturated carbocycles. The molecule has 158 valence electrons. The van der Waals surface area contributed by atoms with Gasteiger partial charge in [-0.05, 0) is 6.42 Å². The van der Waals surface area contributed by atoms with Gasteiger partial charge in [0.2, 0.25) is 0 Å². The van der Waals surface area contributed by atoms with Gasteiger partial charge < -0.3 is 14.7 Å². The molecule has 0 aromatic rings. The Bertz CT molecular complexity index is 300. The quantitative estimate of drug-likeness (QED) is 0.183. The highest BCUT2D eigenvalue weighted by Crippen LogP contribution is 2.24. The van der Waals surface area contributed by atoms with Crippen LogP contribution in [-0.4, -0.2) is 35.7 Å². The van der Waals surface area contributed by atoms with Gasteiger partial charge in [-0.25, -0.2) is 0 Å². The number of aliphatic hydroxyl groups is 2. The van der Waals surface area contributed by atoms with Crippen molar-refractivity contribution in [3.63, 3.8) is 0 Å². The van der Waals surface area contributed by atoms with Gasteiger partial charge in [-0.2, -0.15) is 0 Å². The lowest BCUT2D eigenvalue weighted by Crippen LogP contribution is -2.17. The molecular weight excluding hydrogens is 347 g/mol. The Morgan fingerprint density at radius 2 is 1.12 bits per heavy atom. The third kappa shape index (κ3) is 20.4. The Morgan fingerprint density at radius 1 is 0.731 bits per heavy atom. The van der Waals surface area contributed by atoms with Crippen molar-refractivity contribution in [3.05, 3.63) is 0 Å². The topological polar surface area (TPSA) is 66.8 Å². The van der Waals surface area contributed by atoms with Crippen LogP contribution in [0.4, 0.5) is 0 Å². The maximum Gasteiger partial charge on any atom is 0.191 e. The van der Waals surface area contributed by atoms with Gasteiger partial charge in [0.25, 0.3) is 0 Å². The first-order valence-corrected chi connectivity index (χ1v) is 12.7. The van der Waals surface area contributed by atoms with Crippen LogP contribution < -0.4 is 0 Å². The van der Waals surface area contributed by atoms with Gasteiger partial charge in [0.15, 0.2) is 8.03 Å². The van der Waals surface area contributed by atoms with Gasteiger partial charge in [-0.15, -0.1) is 0 Å². The lowest BCUT2D eigenvalue weighted by atomic mass is 10.0. The highest BCUT2D eigenvalue weighted by Gasteiger charge is 2.05. The predicted octanol–water partition coefficient (Wildman–Crippen LogP) is 6.09. The zero-order chi connectivity index (χ0) is 19.3. The second-order valence-electron chi connectivity index (χ2n) is 7.57. The van der Waals surface area contributed by atoms with E-state index in [0.29, 0.717) is 6.16 Å². The maximum atomic E-state index is 11.6. The molecule has 0 rings (SSSR count). The largest absolute Gasteiger partial charge is 0.394 e. The monoisotopic (exact) mass is 392 g/mol. The van der Waals surface area contributed by atoms with E-state index in [1.54, 1.807) is 0 Å². The van der Waals surface area contributed by atoms with Crippen molar-refractivity contribution in [1.29, 1.82) is 0 Å². The van der Waals surface area contributed by atoms with Gasteiger partial charge in [0.1, 0.15) is 6.10 Å². The van der Waals surface area contributed by atoms with Crippen LogP contribution in [0.3, 0.4) is 0 Å². The van der Waals surface area contributed by atoms with Crippen LogP contribution in [0.1, 0.15) is 110 Å². The third-order valence-corrected chi connectivity index (χ3v) is 6.13. The van der Waals surface area contributed by atoms with E-state index in [-0.39, 0.29) is 13.2 Å². The van der Waals surface area contributed by atoms with Crippen LogP contribution >= 0.6 is 8.03 Å². The molecule has 0 fully saturated rings. The summed E-state index contributed by atoms with van der Waals surface area (Å²) < 4.78 is 16.6. The van der Waals surface area contributed by atoms with E-state index in [1.807, 2.05) is 0 Å². The summed E-state index contributed by atoms with van der Waals surface area (Å²) in [6.07, 6.45) is 21.0. The molecule has 0 spiro atoms. The van der Waals surface area contributed by atoms with E-state index in [4.69, 9.17) is 14.7 Å². The molecule has 0 aromatic carbocycles. The van der Waals surface area contributed by atoms with Crippen LogP contribution in [0.25, 0.3) is 0 Å². The van der Waals surface area contributed by atoms with Crippen molar-refractivity contribution in [2.75, 3.05) is 19.4 Å².